The standard InChI is InChI=1S/C9H13Cl/c1-5-7(3)8(4)9(10)6-2/h6H,2-3,5H2,1,4H3/b9-8+. The Morgan fingerprint density at radius 3 is 2.40 bits per heavy atom. The van der Waals surface area contributed by atoms with Crippen molar-refractivity contribution >= 4 is 11.6 Å². The third-order valence-corrected chi connectivity index (χ3v) is 1.93. The summed E-state index contributed by atoms with van der Waals surface area (Å²) in [5, 5.41) is 0.701. The zero-order valence-corrected chi connectivity index (χ0v) is 7.33. The van der Waals surface area contributed by atoms with Crippen LogP contribution in [0.15, 0.2) is 35.4 Å². The maximum absolute atomic E-state index is 5.79. The predicted molar refractivity (Wildman–Crippen MR) is 48.2 cm³/mol. The summed E-state index contributed by atoms with van der Waals surface area (Å²) < 4.78 is 0. The molecule has 56 valence electrons. The van der Waals surface area contributed by atoms with Crippen LogP contribution in [0, 0.1) is 0 Å². The van der Waals surface area contributed by atoms with Crippen molar-refractivity contribution in [3.63, 3.8) is 0 Å². The van der Waals surface area contributed by atoms with E-state index in [-0.39, 0.29) is 0 Å². The molecule has 0 unspecified atom stereocenters. The molecular formula is C9H13Cl. The van der Waals surface area contributed by atoms with Gasteiger partial charge in [0.1, 0.15) is 0 Å². The highest BCUT2D eigenvalue weighted by Gasteiger charge is 1.96. The van der Waals surface area contributed by atoms with E-state index in [9.17, 15) is 0 Å². The van der Waals surface area contributed by atoms with Crippen LogP contribution in [0.4, 0.5) is 0 Å². The van der Waals surface area contributed by atoms with E-state index in [1.165, 1.54) is 0 Å². The van der Waals surface area contributed by atoms with Gasteiger partial charge in [0.05, 0.1) is 0 Å². The Morgan fingerprint density at radius 1 is 1.60 bits per heavy atom. The fourth-order valence-electron chi connectivity index (χ4n) is 0.587. The minimum Gasteiger partial charge on any atom is -0.0976 e. The van der Waals surface area contributed by atoms with E-state index in [0.717, 1.165) is 17.6 Å². The Labute approximate surface area is 67.9 Å². The zero-order valence-electron chi connectivity index (χ0n) is 6.58. The molecule has 0 N–H and O–H groups in total. The summed E-state index contributed by atoms with van der Waals surface area (Å²) >= 11 is 5.79. The van der Waals surface area contributed by atoms with Gasteiger partial charge in [0.25, 0.3) is 0 Å². The van der Waals surface area contributed by atoms with Crippen molar-refractivity contribution in [3.05, 3.63) is 35.4 Å². The molecule has 0 spiro atoms. The van der Waals surface area contributed by atoms with Crippen molar-refractivity contribution in [2.45, 2.75) is 20.3 Å². The number of hydrogen-bond acceptors (Lipinski definition) is 0. The lowest BCUT2D eigenvalue weighted by atomic mass is 10.1. The Balaban J connectivity index is 4.45. The first-order valence-corrected chi connectivity index (χ1v) is 3.68. The summed E-state index contributed by atoms with van der Waals surface area (Å²) in [4.78, 5) is 0. The zero-order chi connectivity index (χ0) is 8.15. The minimum atomic E-state index is 0.701. The van der Waals surface area contributed by atoms with Crippen LogP contribution in [0.5, 0.6) is 0 Å². The Hall–Kier alpha value is -0.490. The van der Waals surface area contributed by atoms with Gasteiger partial charge in [-0.3, -0.25) is 0 Å². The van der Waals surface area contributed by atoms with Crippen LogP contribution in [0.25, 0.3) is 0 Å². The van der Waals surface area contributed by atoms with E-state index >= 15 is 0 Å². The lowest BCUT2D eigenvalue weighted by molar-refractivity contribution is 1.11. The Kier molecular flexibility index (Phi) is 4.13. The molecule has 0 fully saturated rings. The monoisotopic (exact) mass is 156 g/mol. The van der Waals surface area contributed by atoms with Gasteiger partial charge in [-0.15, -0.1) is 0 Å². The van der Waals surface area contributed by atoms with Gasteiger partial charge in [-0.1, -0.05) is 43.3 Å². The number of hydrogen-bond donors (Lipinski definition) is 0. The third-order valence-electron chi connectivity index (χ3n) is 1.49. The van der Waals surface area contributed by atoms with Gasteiger partial charge in [-0.05, 0) is 18.9 Å². The van der Waals surface area contributed by atoms with E-state index < -0.39 is 0 Å². The summed E-state index contributed by atoms with van der Waals surface area (Å²) in [6.07, 6.45) is 2.58. The largest absolute Gasteiger partial charge is 0.0976 e. The molecule has 0 aromatic rings. The normalized spacial score (nSPS) is 12.3. The van der Waals surface area contributed by atoms with Crippen LogP contribution in [0.3, 0.4) is 0 Å². The fourth-order valence-corrected chi connectivity index (χ4v) is 0.721. The summed E-state index contributed by atoms with van der Waals surface area (Å²) in [5.41, 5.74) is 2.11. The van der Waals surface area contributed by atoms with Crippen LogP contribution in [-0.2, 0) is 0 Å². The van der Waals surface area contributed by atoms with Crippen molar-refractivity contribution in [2.24, 2.45) is 0 Å². The minimum absolute atomic E-state index is 0.701. The van der Waals surface area contributed by atoms with Crippen molar-refractivity contribution in [3.8, 4) is 0 Å². The number of halogens is 1. The maximum Gasteiger partial charge on any atom is 0.0431 e. The highest BCUT2D eigenvalue weighted by molar-refractivity contribution is 6.31. The average Bonchev–Trinajstić information content (AvgIpc) is 2.00. The number of rotatable bonds is 3. The first-order chi connectivity index (χ1) is 4.63. The second-order valence-electron chi connectivity index (χ2n) is 2.13. The van der Waals surface area contributed by atoms with Crippen LogP contribution < -0.4 is 0 Å². The van der Waals surface area contributed by atoms with Crippen molar-refractivity contribution < 1.29 is 0 Å². The van der Waals surface area contributed by atoms with E-state index in [0.29, 0.717) is 5.03 Å². The smallest absolute Gasteiger partial charge is 0.0431 e. The molecule has 0 rings (SSSR count). The molecule has 0 aromatic heterocycles. The molecular weight excluding hydrogens is 144 g/mol. The summed E-state index contributed by atoms with van der Waals surface area (Å²) in [5.74, 6) is 0. The third kappa shape index (κ3) is 2.40. The molecule has 0 amide bonds. The van der Waals surface area contributed by atoms with Crippen molar-refractivity contribution in [1.82, 2.24) is 0 Å². The van der Waals surface area contributed by atoms with E-state index in [2.05, 4.69) is 20.1 Å². The van der Waals surface area contributed by atoms with Gasteiger partial charge < -0.3 is 0 Å². The number of allylic oxidation sites excluding steroid dienone is 4. The maximum atomic E-state index is 5.79. The average molecular weight is 157 g/mol. The van der Waals surface area contributed by atoms with Gasteiger partial charge in [0, 0.05) is 5.03 Å². The van der Waals surface area contributed by atoms with Crippen LogP contribution in [0.2, 0.25) is 0 Å². The summed E-state index contributed by atoms with van der Waals surface area (Å²) in [6.45, 7) is 11.4. The molecule has 0 radical (unpaired) electrons. The second kappa shape index (κ2) is 4.35. The van der Waals surface area contributed by atoms with Gasteiger partial charge in [-0.25, -0.2) is 0 Å². The molecule has 0 aliphatic rings. The van der Waals surface area contributed by atoms with Gasteiger partial charge in [-0.2, -0.15) is 0 Å². The van der Waals surface area contributed by atoms with E-state index in [1.54, 1.807) is 6.08 Å². The highest BCUT2D eigenvalue weighted by atomic mass is 35.5. The molecule has 0 aliphatic carbocycles. The topological polar surface area (TPSA) is 0 Å². The molecule has 10 heavy (non-hydrogen) atoms. The molecule has 1 heteroatoms. The summed E-state index contributed by atoms with van der Waals surface area (Å²) in [6, 6.07) is 0. The van der Waals surface area contributed by atoms with Crippen LogP contribution in [0.1, 0.15) is 20.3 Å². The molecule has 0 bridgehead atoms. The van der Waals surface area contributed by atoms with Gasteiger partial charge >= 0.3 is 0 Å². The van der Waals surface area contributed by atoms with Gasteiger partial charge in [0.2, 0.25) is 0 Å². The quantitative estimate of drug-likeness (QED) is 0.548. The van der Waals surface area contributed by atoms with E-state index in [4.69, 9.17) is 11.6 Å². The lowest BCUT2D eigenvalue weighted by Crippen LogP contribution is -1.82. The van der Waals surface area contributed by atoms with E-state index in [1.807, 2.05) is 6.92 Å². The summed E-state index contributed by atoms with van der Waals surface area (Å²) in [7, 11) is 0. The molecule has 0 atom stereocenters. The van der Waals surface area contributed by atoms with Crippen LogP contribution >= 0.6 is 11.6 Å². The Morgan fingerprint density at radius 2 is 2.10 bits per heavy atom. The first kappa shape index (κ1) is 9.51. The Bertz CT molecular complexity index is 175. The SMILES string of the molecule is C=C/C(Cl)=C(/C)C(=C)CC. The molecule has 0 aliphatic heterocycles. The van der Waals surface area contributed by atoms with Crippen molar-refractivity contribution in [1.29, 1.82) is 0 Å². The second-order valence-corrected chi connectivity index (χ2v) is 2.54. The molecule has 0 nitrogen and oxygen atoms in total. The molecule has 0 saturated heterocycles. The highest BCUT2D eigenvalue weighted by Crippen LogP contribution is 2.18. The first-order valence-electron chi connectivity index (χ1n) is 3.30. The predicted octanol–water partition coefficient (Wildman–Crippen LogP) is 3.65. The van der Waals surface area contributed by atoms with Crippen LogP contribution in [-0.4, -0.2) is 0 Å². The molecule has 0 saturated carbocycles. The fraction of sp³-hybridized carbons (Fsp3) is 0.333. The lowest BCUT2D eigenvalue weighted by Gasteiger charge is -2.02. The molecule has 0 heterocycles. The van der Waals surface area contributed by atoms with Crippen molar-refractivity contribution in [2.75, 3.05) is 0 Å². The van der Waals surface area contributed by atoms with Gasteiger partial charge in [0.15, 0.2) is 0 Å². The molecule has 0 aromatic carbocycles.